The lowest BCUT2D eigenvalue weighted by Crippen LogP contribution is -2.24. The fourth-order valence-electron chi connectivity index (χ4n) is 2.00. The normalized spacial score (nSPS) is 10.3. The van der Waals surface area contributed by atoms with Crippen LogP contribution < -0.4 is 11.1 Å². The number of nitrogens with zero attached hydrogens (tertiary/aromatic N) is 1. The number of hydrogen-bond donors (Lipinski definition) is 2. The number of rotatable bonds is 5. The molecule has 0 bridgehead atoms. The summed E-state index contributed by atoms with van der Waals surface area (Å²) in [7, 11) is 0. The number of benzene rings is 1. The van der Waals surface area contributed by atoms with Crippen LogP contribution in [0.3, 0.4) is 0 Å². The first-order valence-electron chi connectivity index (χ1n) is 6.68. The monoisotopic (exact) mass is 269 g/mol. The third-order valence-electron chi connectivity index (χ3n) is 3.16. The minimum absolute atomic E-state index is 0.0890. The van der Waals surface area contributed by atoms with E-state index < -0.39 is 0 Å². The van der Waals surface area contributed by atoms with Crippen LogP contribution in [0.1, 0.15) is 27.2 Å². The van der Waals surface area contributed by atoms with E-state index in [0.29, 0.717) is 18.7 Å². The lowest BCUT2D eigenvalue weighted by Gasteiger charge is -2.08. The number of amides is 1. The van der Waals surface area contributed by atoms with E-state index in [4.69, 9.17) is 5.73 Å². The molecule has 104 valence electrons. The van der Waals surface area contributed by atoms with Gasteiger partial charge in [0.1, 0.15) is 0 Å². The molecular formula is C16H19N3O. The van der Waals surface area contributed by atoms with Crippen molar-refractivity contribution in [3.05, 3.63) is 65.0 Å². The van der Waals surface area contributed by atoms with E-state index in [1.807, 2.05) is 37.3 Å². The van der Waals surface area contributed by atoms with E-state index >= 15 is 0 Å². The van der Waals surface area contributed by atoms with E-state index in [1.165, 1.54) is 0 Å². The maximum atomic E-state index is 12.1. The Bertz CT molecular complexity index is 596. The number of aryl methyl sites for hydroxylation is 1. The first-order chi connectivity index (χ1) is 9.70. The Labute approximate surface area is 119 Å². The fourth-order valence-corrected chi connectivity index (χ4v) is 2.00. The van der Waals surface area contributed by atoms with Crippen LogP contribution in [0.25, 0.3) is 0 Å². The molecule has 2 rings (SSSR count). The van der Waals surface area contributed by atoms with Gasteiger partial charge in [-0.2, -0.15) is 0 Å². The lowest BCUT2D eigenvalue weighted by molar-refractivity contribution is 0.0950. The van der Waals surface area contributed by atoms with Gasteiger partial charge in [-0.1, -0.05) is 18.2 Å². The molecule has 1 aromatic carbocycles. The zero-order chi connectivity index (χ0) is 14.4. The molecule has 0 atom stereocenters. The number of carbonyl (C=O) groups excluding carboxylic acids is 1. The topological polar surface area (TPSA) is 68.0 Å². The van der Waals surface area contributed by atoms with E-state index in [1.54, 1.807) is 12.3 Å². The molecule has 1 heterocycles. The SMILES string of the molecule is Cc1cccnc1CNC(=O)c1cccc(CCN)c1. The van der Waals surface area contributed by atoms with E-state index in [0.717, 1.165) is 23.2 Å². The number of nitrogens with two attached hydrogens (primary N) is 1. The summed E-state index contributed by atoms with van der Waals surface area (Å²) < 4.78 is 0. The molecule has 0 saturated carbocycles. The highest BCUT2D eigenvalue weighted by atomic mass is 16.1. The lowest BCUT2D eigenvalue weighted by atomic mass is 10.1. The number of pyridine rings is 1. The predicted octanol–water partition coefficient (Wildman–Crippen LogP) is 1.82. The highest BCUT2D eigenvalue weighted by molar-refractivity contribution is 5.94. The van der Waals surface area contributed by atoms with Crippen LogP contribution in [0, 0.1) is 6.92 Å². The Morgan fingerprint density at radius 2 is 2.15 bits per heavy atom. The number of carbonyl (C=O) groups is 1. The minimum Gasteiger partial charge on any atom is -0.346 e. The predicted molar refractivity (Wildman–Crippen MR) is 79.3 cm³/mol. The number of nitrogens with one attached hydrogen (secondary N) is 1. The summed E-state index contributed by atoms with van der Waals surface area (Å²) in [5.41, 5.74) is 9.23. The van der Waals surface area contributed by atoms with Crippen molar-refractivity contribution in [3.63, 3.8) is 0 Å². The second-order valence-corrected chi connectivity index (χ2v) is 4.69. The van der Waals surface area contributed by atoms with Crippen molar-refractivity contribution in [1.29, 1.82) is 0 Å². The molecule has 1 aromatic heterocycles. The van der Waals surface area contributed by atoms with Gasteiger partial charge in [0.2, 0.25) is 0 Å². The first kappa shape index (κ1) is 14.2. The van der Waals surface area contributed by atoms with Gasteiger partial charge in [-0.15, -0.1) is 0 Å². The average Bonchev–Trinajstić information content (AvgIpc) is 2.47. The minimum atomic E-state index is -0.0890. The van der Waals surface area contributed by atoms with Gasteiger partial charge in [-0.3, -0.25) is 9.78 Å². The van der Waals surface area contributed by atoms with Crippen molar-refractivity contribution in [2.24, 2.45) is 5.73 Å². The Kier molecular flexibility index (Phi) is 4.85. The van der Waals surface area contributed by atoms with Gasteiger partial charge in [-0.25, -0.2) is 0 Å². The molecule has 2 aromatic rings. The third kappa shape index (κ3) is 3.65. The Balaban J connectivity index is 2.01. The Morgan fingerprint density at radius 1 is 1.30 bits per heavy atom. The summed E-state index contributed by atoms with van der Waals surface area (Å²) in [6, 6.07) is 11.4. The van der Waals surface area contributed by atoms with Crippen molar-refractivity contribution < 1.29 is 4.79 Å². The zero-order valence-corrected chi connectivity index (χ0v) is 11.6. The van der Waals surface area contributed by atoms with Crippen LogP contribution in [-0.4, -0.2) is 17.4 Å². The standard InChI is InChI=1S/C16H19N3O/c1-12-4-3-9-18-15(12)11-19-16(20)14-6-2-5-13(10-14)7-8-17/h2-6,9-10H,7-8,11,17H2,1H3,(H,19,20). The van der Waals surface area contributed by atoms with Gasteiger partial charge < -0.3 is 11.1 Å². The van der Waals surface area contributed by atoms with Crippen LogP contribution in [0.5, 0.6) is 0 Å². The largest absolute Gasteiger partial charge is 0.346 e. The zero-order valence-electron chi connectivity index (χ0n) is 11.6. The second kappa shape index (κ2) is 6.82. The summed E-state index contributed by atoms with van der Waals surface area (Å²) in [6.07, 6.45) is 2.51. The molecule has 0 aliphatic carbocycles. The molecule has 20 heavy (non-hydrogen) atoms. The molecule has 3 N–H and O–H groups in total. The summed E-state index contributed by atoms with van der Waals surface area (Å²) in [4.78, 5) is 16.4. The van der Waals surface area contributed by atoms with Gasteiger partial charge in [0.25, 0.3) is 5.91 Å². The van der Waals surface area contributed by atoms with Crippen LogP contribution in [-0.2, 0) is 13.0 Å². The second-order valence-electron chi connectivity index (χ2n) is 4.69. The molecule has 0 saturated heterocycles. The maximum Gasteiger partial charge on any atom is 0.251 e. The molecule has 4 nitrogen and oxygen atoms in total. The molecule has 0 fully saturated rings. The van der Waals surface area contributed by atoms with Gasteiger partial charge >= 0.3 is 0 Å². The molecular weight excluding hydrogens is 250 g/mol. The van der Waals surface area contributed by atoms with Gasteiger partial charge in [0.15, 0.2) is 0 Å². The van der Waals surface area contributed by atoms with Crippen LogP contribution in [0.2, 0.25) is 0 Å². The molecule has 0 aliphatic heterocycles. The van der Waals surface area contributed by atoms with Gasteiger partial charge in [0.05, 0.1) is 12.2 Å². The summed E-state index contributed by atoms with van der Waals surface area (Å²) in [5.74, 6) is -0.0890. The van der Waals surface area contributed by atoms with E-state index in [-0.39, 0.29) is 5.91 Å². The van der Waals surface area contributed by atoms with Crippen molar-refractivity contribution in [1.82, 2.24) is 10.3 Å². The highest BCUT2D eigenvalue weighted by Crippen LogP contribution is 2.07. The van der Waals surface area contributed by atoms with Crippen LogP contribution in [0.15, 0.2) is 42.6 Å². The molecule has 0 spiro atoms. The summed E-state index contributed by atoms with van der Waals surface area (Å²) in [5, 5.41) is 2.89. The third-order valence-corrected chi connectivity index (χ3v) is 3.16. The van der Waals surface area contributed by atoms with Crippen molar-refractivity contribution in [3.8, 4) is 0 Å². The quantitative estimate of drug-likeness (QED) is 0.870. The molecule has 0 aliphatic rings. The van der Waals surface area contributed by atoms with Crippen molar-refractivity contribution in [2.75, 3.05) is 6.54 Å². The molecule has 0 radical (unpaired) electrons. The van der Waals surface area contributed by atoms with Crippen LogP contribution in [0.4, 0.5) is 0 Å². The number of aromatic nitrogens is 1. The summed E-state index contributed by atoms with van der Waals surface area (Å²) in [6.45, 7) is 3.00. The van der Waals surface area contributed by atoms with Gasteiger partial charge in [-0.05, 0) is 49.2 Å². The van der Waals surface area contributed by atoms with E-state index in [2.05, 4.69) is 10.3 Å². The van der Waals surface area contributed by atoms with Crippen LogP contribution >= 0.6 is 0 Å². The van der Waals surface area contributed by atoms with Crippen molar-refractivity contribution in [2.45, 2.75) is 19.9 Å². The van der Waals surface area contributed by atoms with E-state index in [9.17, 15) is 4.79 Å². The maximum absolute atomic E-state index is 12.1. The molecule has 4 heteroatoms. The number of hydrogen-bond acceptors (Lipinski definition) is 3. The summed E-state index contributed by atoms with van der Waals surface area (Å²) >= 11 is 0. The smallest absolute Gasteiger partial charge is 0.251 e. The van der Waals surface area contributed by atoms with Crippen molar-refractivity contribution >= 4 is 5.91 Å². The highest BCUT2D eigenvalue weighted by Gasteiger charge is 2.07. The average molecular weight is 269 g/mol. The molecule has 0 unspecified atom stereocenters. The first-order valence-corrected chi connectivity index (χ1v) is 6.68. The van der Waals surface area contributed by atoms with Gasteiger partial charge in [0, 0.05) is 11.8 Å². The fraction of sp³-hybridized carbons (Fsp3) is 0.250. The molecule has 1 amide bonds. The Hall–Kier alpha value is -2.20. The Morgan fingerprint density at radius 3 is 2.90 bits per heavy atom.